The molecule has 1 aliphatic rings. The molecule has 4 nitrogen and oxygen atoms in total. The Balaban J connectivity index is 2.08. The van der Waals surface area contributed by atoms with Crippen molar-refractivity contribution in [3.63, 3.8) is 0 Å². The van der Waals surface area contributed by atoms with E-state index in [-0.39, 0.29) is 12.3 Å². The Morgan fingerprint density at radius 2 is 2.21 bits per heavy atom. The van der Waals surface area contributed by atoms with E-state index in [0.717, 1.165) is 22.0 Å². The summed E-state index contributed by atoms with van der Waals surface area (Å²) in [6.45, 7) is 2.53. The molecule has 0 spiro atoms. The molecule has 1 saturated heterocycles. The number of likely N-dealkylation sites (tertiary alicyclic amines) is 1. The smallest absolute Gasteiger partial charge is 0.326 e. The van der Waals surface area contributed by atoms with E-state index in [9.17, 15) is 9.59 Å². The summed E-state index contributed by atoms with van der Waals surface area (Å²) in [6, 6.07) is 5.12. The first-order valence-electron chi connectivity index (χ1n) is 6.26. The molecule has 0 aromatic heterocycles. The lowest BCUT2D eigenvalue weighted by Gasteiger charge is -2.21. The number of carboxylic acid groups (broad SMARTS) is 1. The Hall–Kier alpha value is -1.36. The van der Waals surface area contributed by atoms with E-state index in [4.69, 9.17) is 5.11 Å². The molecule has 1 N–H and O–H groups in total. The third-order valence-electron chi connectivity index (χ3n) is 3.45. The van der Waals surface area contributed by atoms with Crippen LogP contribution in [0.2, 0.25) is 0 Å². The summed E-state index contributed by atoms with van der Waals surface area (Å²) in [5.41, 5.74) is 2.01. The van der Waals surface area contributed by atoms with Crippen LogP contribution in [0.3, 0.4) is 0 Å². The highest BCUT2D eigenvalue weighted by Gasteiger charge is 2.33. The maximum atomic E-state index is 12.2. The van der Waals surface area contributed by atoms with Gasteiger partial charge in [0.05, 0.1) is 6.42 Å². The number of carbonyl (C=O) groups is 2. The predicted octanol–water partition coefficient (Wildman–Crippen LogP) is 2.38. The molecule has 1 aromatic rings. The molecule has 1 unspecified atom stereocenters. The average molecular weight is 326 g/mol. The minimum Gasteiger partial charge on any atom is -0.480 e. The molecule has 0 saturated carbocycles. The van der Waals surface area contributed by atoms with Gasteiger partial charge in [-0.25, -0.2) is 4.79 Å². The number of benzene rings is 1. The molecule has 0 bridgehead atoms. The van der Waals surface area contributed by atoms with Crippen molar-refractivity contribution in [3.8, 4) is 0 Å². The highest BCUT2D eigenvalue weighted by molar-refractivity contribution is 9.10. The molecule has 1 fully saturated rings. The van der Waals surface area contributed by atoms with Crippen LogP contribution in [0.1, 0.15) is 24.0 Å². The molecule has 2 rings (SSSR count). The molecule has 5 heteroatoms. The van der Waals surface area contributed by atoms with Crippen molar-refractivity contribution in [2.75, 3.05) is 6.54 Å². The van der Waals surface area contributed by atoms with Gasteiger partial charge in [-0.05, 0) is 37.0 Å². The summed E-state index contributed by atoms with van der Waals surface area (Å²) in [5, 5.41) is 9.08. The summed E-state index contributed by atoms with van der Waals surface area (Å²) in [4.78, 5) is 24.7. The van der Waals surface area contributed by atoms with Crippen LogP contribution in [0.15, 0.2) is 22.7 Å². The van der Waals surface area contributed by atoms with Crippen molar-refractivity contribution < 1.29 is 14.7 Å². The van der Waals surface area contributed by atoms with Crippen LogP contribution in [0.25, 0.3) is 0 Å². The average Bonchev–Trinajstić information content (AvgIpc) is 2.83. The molecule has 1 heterocycles. The summed E-state index contributed by atoms with van der Waals surface area (Å²) in [5.74, 6) is -1.02. The normalized spacial score (nSPS) is 18.6. The number of aliphatic carboxylic acids is 1. The number of rotatable bonds is 3. The van der Waals surface area contributed by atoms with Gasteiger partial charge >= 0.3 is 5.97 Å². The van der Waals surface area contributed by atoms with E-state index in [1.807, 2.05) is 25.1 Å². The minimum absolute atomic E-state index is 0.111. The zero-order valence-electron chi connectivity index (χ0n) is 10.7. The quantitative estimate of drug-likeness (QED) is 0.928. The van der Waals surface area contributed by atoms with Gasteiger partial charge in [0.25, 0.3) is 0 Å². The second-order valence-electron chi connectivity index (χ2n) is 4.84. The molecular formula is C14H16BrNO3. The van der Waals surface area contributed by atoms with Crippen molar-refractivity contribution in [2.24, 2.45) is 0 Å². The molecule has 0 aliphatic carbocycles. The molecule has 1 aromatic carbocycles. The molecule has 102 valence electrons. The first kappa shape index (κ1) is 14.1. The first-order chi connectivity index (χ1) is 8.99. The third kappa shape index (κ3) is 3.15. The monoisotopic (exact) mass is 325 g/mol. The predicted molar refractivity (Wildman–Crippen MR) is 75.0 cm³/mol. The van der Waals surface area contributed by atoms with Gasteiger partial charge in [-0.2, -0.15) is 0 Å². The van der Waals surface area contributed by atoms with Gasteiger partial charge < -0.3 is 10.0 Å². The molecule has 1 aliphatic heterocycles. The number of hydrogen-bond acceptors (Lipinski definition) is 2. The zero-order chi connectivity index (χ0) is 14.0. The van der Waals surface area contributed by atoms with Gasteiger partial charge in [-0.3, -0.25) is 4.79 Å². The molecular weight excluding hydrogens is 310 g/mol. The fraction of sp³-hybridized carbons (Fsp3) is 0.429. The Labute approximate surface area is 120 Å². The van der Waals surface area contributed by atoms with E-state index in [1.165, 1.54) is 4.90 Å². The van der Waals surface area contributed by atoms with Gasteiger partial charge in [0.2, 0.25) is 5.91 Å². The second-order valence-corrected chi connectivity index (χ2v) is 5.70. The number of carboxylic acids is 1. The van der Waals surface area contributed by atoms with Crippen molar-refractivity contribution >= 4 is 27.8 Å². The number of carbonyl (C=O) groups excluding carboxylic acids is 1. The molecule has 0 radical (unpaired) electrons. The SMILES string of the molecule is Cc1ccc(CC(=O)N2CCCC2C(=O)O)cc1Br. The van der Waals surface area contributed by atoms with Gasteiger partial charge in [0.1, 0.15) is 6.04 Å². The van der Waals surface area contributed by atoms with E-state index in [0.29, 0.717) is 13.0 Å². The largest absolute Gasteiger partial charge is 0.480 e. The summed E-state index contributed by atoms with van der Waals surface area (Å²) < 4.78 is 0.967. The standard InChI is InChI=1S/C14H16BrNO3/c1-9-4-5-10(7-11(9)15)8-13(17)16-6-2-3-12(16)14(18)19/h4-5,7,12H,2-3,6,8H2,1H3,(H,18,19). The van der Waals surface area contributed by atoms with E-state index in [1.54, 1.807) is 0 Å². The van der Waals surface area contributed by atoms with Gasteiger partial charge in [-0.15, -0.1) is 0 Å². The lowest BCUT2D eigenvalue weighted by Crippen LogP contribution is -2.41. The summed E-state index contributed by atoms with van der Waals surface area (Å²) >= 11 is 3.44. The number of hydrogen-bond donors (Lipinski definition) is 1. The van der Waals surface area contributed by atoms with Crippen LogP contribution < -0.4 is 0 Å². The first-order valence-corrected chi connectivity index (χ1v) is 7.05. The number of nitrogens with zero attached hydrogens (tertiary/aromatic N) is 1. The highest BCUT2D eigenvalue weighted by Crippen LogP contribution is 2.21. The van der Waals surface area contributed by atoms with Crippen molar-refractivity contribution in [1.82, 2.24) is 4.90 Å². The number of amides is 1. The van der Waals surface area contributed by atoms with Crippen LogP contribution in [0.4, 0.5) is 0 Å². The van der Waals surface area contributed by atoms with Gasteiger partial charge in [0, 0.05) is 11.0 Å². The van der Waals surface area contributed by atoms with Crippen molar-refractivity contribution in [1.29, 1.82) is 0 Å². The van der Waals surface area contributed by atoms with Crippen LogP contribution in [0, 0.1) is 6.92 Å². The minimum atomic E-state index is -0.907. The van der Waals surface area contributed by atoms with Crippen LogP contribution in [0.5, 0.6) is 0 Å². The third-order valence-corrected chi connectivity index (χ3v) is 4.30. The van der Waals surface area contributed by atoms with Crippen molar-refractivity contribution in [2.45, 2.75) is 32.2 Å². The Morgan fingerprint density at radius 3 is 2.84 bits per heavy atom. The highest BCUT2D eigenvalue weighted by atomic mass is 79.9. The number of aryl methyl sites for hydroxylation is 1. The Morgan fingerprint density at radius 1 is 1.47 bits per heavy atom. The zero-order valence-corrected chi connectivity index (χ0v) is 12.3. The van der Waals surface area contributed by atoms with E-state index < -0.39 is 12.0 Å². The van der Waals surface area contributed by atoms with E-state index in [2.05, 4.69) is 15.9 Å². The maximum Gasteiger partial charge on any atom is 0.326 e. The molecule has 1 atom stereocenters. The molecule has 19 heavy (non-hydrogen) atoms. The Kier molecular flexibility index (Phi) is 4.24. The maximum absolute atomic E-state index is 12.2. The lowest BCUT2D eigenvalue weighted by atomic mass is 10.1. The molecule has 1 amide bonds. The van der Waals surface area contributed by atoms with Crippen LogP contribution in [-0.2, 0) is 16.0 Å². The second kappa shape index (κ2) is 5.74. The fourth-order valence-electron chi connectivity index (χ4n) is 2.34. The fourth-order valence-corrected chi connectivity index (χ4v) is 2.77. The lowest BCUT2D eigenvalue weighted by molar-refractivity contribution is -0.148. The van der Waals surface area contributed by atoms with Crippen molar-refractivity contribution in [3.05, 3.63) is 33.8 Å². The van der Waals surface area contributed by atoms with E-state index >= 15 is 0 Å². The van der Waals surface area contributed by atoms with Crippen LogP contribution >= 0.6 is 15.9 Å². The summed E-state index contributed by atoms with van der Waals surface area (Å²) in [7, 11) is 0. The van der Waals surface area contributed by atoms with Gasteiger partial charge in [0.15, 0.2) is 0 Å². The number of halogens is 1. The Bertz CT molecular complexity index is 515. The summed E-state index contributed by atoms with van der Waals surface area (Å²) in [6.07, 6.45) is 1.57. The van der Waals surface area contributed by atoms with Crippen LogP contribution in [-0.4, -0.2) is 34.5 Å². The topological polar surface area (TPSA) is 57.6 Å². The van der Waals surface area contributed by atoms with Gasteiger partial charge in [-0.1, -0.05) is 28.1 Å².